The molecule has 15 nitrogen and oxygen atoms in total. The number of aromatic nitrogens is 5. The molecule has 0 aliphatic heterocycles. The number of sulfonamides is 1. The number of nitrogens with zero attached hydrogens (tertiary/aromatic N) is 5. The summed E-state index contributed by atoms with van der Waals surface area (Å²) in [6.45, 7) is 0. The molecule has 0 saturated heterocycles. The number of carboxylic acids is 1. The van der Waals surface area contributed by atoms with E-state index in [0.717, 1.165) is 4.57 Å². The third kappa shape index (κ3) is 7.33. The first-order valence-corrected chi connectivity index (χ1v) is 16.9. The number of carboxylic acid groups (broad SMARTS) is 1. The molecule has 0 radical (unpaired) electrons. The zero-order valence-electron chi connectivity index (χ0n) is 27.6. The first kappa shape index (κ1) is 36.0. The predicted octanol–water partition coefficient (Wildman–Crippen LogP) is 3.05. The fourth-order valence-corrected chi connectivity index (χ4v) is 6.45. The summed E-state index contributed by atoms with van der Waals surface area (Å²) < 4.78 is 65.4. The van der Waals surface area contributed by atoms with Crippen LogP contribution in [0.1, 0.15) is 15.9 Å². The lowest BCUT2D eigenvalue weighted by Gasteiger charge is -2.16. The second kappa shape index (κ2) is 14.4. The summed E-state index contributed by atoms with van der Waals surface area (Å²) in [5.74, 6) is -5.33. The first-order valence-electron chi connectivity index (χ1n) is 15.5. The van der Waals surface area contributed by atoms with Gasteiger partial charge in [0.15, 0.2) is 5.82 Å². The number of methoxy groups -OCH3 is 1. The van der Waals surface area contributed by atoms with E-state index in [2.05, 4.69) is 25.0 Å². The number of aliphatic carboxylic acids is 1. The molecular formula is C35H27F2N7O8S. The molecule has 3 aromatic heterocycles. The molecule has 0 aliphatic rings. The third-order valence-electron chi connectivity index (χ3n) is 8.09. The maximum Gasteiger partial charge on any atom is 0.335 e. The topological polar surface area (TPSA) is 204 Å². The second-order valence-electron chi connectivity index (χ2n) is 11.5. The molecule has 3 N–H and O–H groups in total. The van der Waals surface area contributed by atoms with E-state index in [4.69, 9.17) is 4.74 Å². The minimum atomic E-state index is -4.33. The lowest BCUT2D eigenvalue weighted by Crippen LogP contribution is -2.43. The van der Waals surface area contributed by atoms with Crippen molar-refractivity contribution in [1.82, 2.24) is 29.4 Å². The van der Waals surface area contributed by atoms with Gasteiger partial charge < -0.3 is 15.2 Å². The number of pyridine rings is 1. The number of hydrogen-bond donors (Lipinski definition) is 3. The van der Waals surface area contributed by atoms with E-state index in [1.165, 1.54) is 91.9 Å². The zero-order chi connectivity index (χ0) is 38.0. The van der Waals surface area contributed by atoms with Crippen LogP contribution in [0.25, 0.3) is 28.0 Å². The molecular weight excluding hydrogens is 716 g/mol. The SMILES string of the molecule is COc1cc2c(=O)n(-c3ccc(C[C@H](NC(=O)c4c(F)cc(NS(=O)(=O)c5ccc(-c6ncccn6)cc5)cc4F)C(=O)O)cc3)c(=O)n(C)c2cn1. The highest BCUT2D eigenvalue weighted by molar-refractivity contribution is 7.92. The molecule has 0 bridgehead atoms. The van der Waals surface area contributed by atoms with E-state index in [9.17, 15) is 32.7 Å². The summed E-state index contributed by atoms with van der Waals surface area (Å²) in [7, 11) is -1.49. The van der Waals surface area contributed by atoms with E-state index in [1.54, 1.807) is 6.07 Å². The van der Waals surface area contributed by atoms with E-state index in [0.29, 0.717) is 29.1 Å². The molecule has 18 heteroatoms. The van der Waals surface area contributed by atoms with Crippen LogP contribution in [0.2, 0.25) is 0 Å². The van der Waals surface area contributed by atoms with Crippen LogP contribution in [-0.2, 0) is 28.3 Å². The number of amides is 1. The quantitative estimate of drug-likeness (QED) is 0.176. The molecule has 270 valence electrons. The van der Waals surface area contributed by atoms with Crippen molar-refractivity contribution in [3.05, 3.63) is 135 Å². The van der Waals surface area contributed by atoms with Gasteiger partial charge in [0.25, 0.3) is 21.5 Å². The molecule has 0 aliphatic carbocycles. The fourth-order valence-electron chi connectivity index (χ4n) is 5.41. The van der Waals surface area contributed by atoms with Gasteiger partial charge in [0.2, 0.25) is 5.88 Å². The van der Waals surface area contributed by atoms with Crippen molar-refractivity contribution in [2.75, 3.05) is 11.8 Å². The van der Waals surface area contributed by atoms with Crippen LogP contribution in [0.3, 0.4) is 0 Å². The summed E-state index contributed by atoms with van der Waals surface area (Å²) in [5, 5.41) is 12.1. The number of carbonyl (C=O) groups is 2. The minimum Gasteiger partial charge on any atom is -0.481 e. The summed E-state index contributed by atoms with van der Waals surface area (Å²) in [5.41, 5.74) is -1.70. The molecule has 53 heavy (non-hydrogen) atoms. The normalized spacial score (nSPS) is 11.9. The summed E-state index contributed by atoms with van der Waals surface area (Å²) in [6.07, 6.45) is 4.01. The van der Waals surface area contributed by atoms with Crippen LogP contribution in [0.5, 0.6) is 5.88 Å². The molecule has 0 saturated carbocycles. The third-order valence-corrected chi connectivity index (χ3v) is 9.49. The maximum atomic E-state index is 15.1. The average molecular weight is 744 g/mol. The monoisotopic (exact) mass is 743 g/mol. The maximum absolute atomic E-state index is 15.1. The number of nitrogens with one attached hydrogen (secondary N) is 2. The number of carbonyl (C=O) groups excluding carboxylic acids is 1. The van der Waals surface area contributed by atoms with Gasteiger partial charge in [-0.05, 0) is 60.2 Å². The molecule has 0 fully saturated rings. The summed E-state index contributed by atoms with van der Waals surface area (Å²) in [4.78, 5) is 63.4. The van der Waals surface area contributed by atoms with Crippen LogP contribution < -0.4 is 26.0 Å². The number of hydrogen-bond acceptors (Lipinski definition) is 10. The smallest absolute Gasteiger partial charge is 0.335 e. The Labute approximate surface area is 298 Å². The number of anilines is 1. The average Bonchev–Trinajstić information content (AvgIpc) is 3.14. The van der Waals surface area contributed by atoms with Gasteiger partial charge in [-0.3, -0.25) is 18.9 Å². The highest BCUT2D eigenvalue weighted by Crippen LogP contribution is 2.24. The van der Waals surface area contributed by atoms with Crippen molar-refractivity contribution in [3.8, 4) is 23.0 Å². The lowest BCUT2D eigenvalue weighted by atomic mass is 10.0. The Morgan fingerprint density at radius 1 is 0.943 bits per heavy atom. The standard InChI is InChI=1S/C35H27F2N7O8S/c1-43-28-18-40-29(52-2)17-24(28)33(46)44(35(43)49)22-8-4-19(5-9-22)14-27(34(47)48)41-32(45)30-25(36)15-21(16-26(30)37)42-53(50,51)23-10-6-20(7-11-23)31-38-12-3-13-39-31/h3-13,15-18,27,42H,14H2,1-2H3,(H,41,45)(H,47,48)/t27-/m0/s1. The van der Waals surface area contributed by atoms with Gasteiger partial charge in [0.1, 0.15) is 23.2 Å². The van der Waals surface area contributed by atoms with Crippen LogP contribution in [0.4, 0.5) is 14.5 Å². The molecule has 6 rings (SSSR count). The lowest BCUT2D eigenvalue weighted by molar-refractivity contribution is -0.139. The van der Waals surface area contributed by atoms with E-state index in [1.807, 2.05) is 0 Å². The minimum absolute atomic E-state index is 0.159. The van der Waals surface area contributed by atoms with E-state index < -0.39 is 62.1 Å². The molecule has 3 aromatic carbocycles. The van der Waals surface area contributed by atoms with Crippen molar-refractivity contribution < 1.29 is 36.6 Å². The number of fused-ring (bicyclic) bond motifs is 1. The van der Waals surface area contributed by atoms with Gasteiger partial charge in [0, 0.05) is 37.5 Å². The highest BCUT2D eigenvalue weighted by atomic mass is 32.2. The molecule has 6 aromatic rings. The Morgan fingerprint density at radius 3 is 2.19 bits per heavy atom. The van der Waals surface area contributed by atoms with E-state index in [-0.39, 0.29) is 33.8 Å². The highest BCUT2D eigenvalue weighted by Gasteiger charge is 2.27. The van der Waals surface area contributed by atoms with Crippen LogP contribution in [0.15, 0.2) is 106 Å². The Balaban J connectivity index is 1.17. The molecule has 1 amide bonds. The Morgan fingerprint density at radius 2 is 1.58 bits per heavy atom. The largest absolute Gasteiger partial charge is 0.481 e. The van der Waals surface area contributed by atoms with E-state index >= 15 is 8.78 Å². The Kier molecular flexibility index (Phi) is 9.80. The summed E-state index contributed by atoms with van der Waals surface area (Å²) >= 11 is 0. The van der Waals surface area contributed by atoms with Gasteiger partial charge in [0.05, 0.1) is 40.5 Å². The summed E-state index contributed by atoms with van der Waals surface area (Å²) in [6, 6.07) is 13.6. The van der Waals surface area contributed by atoms with Crippen molar-refractivity contribution >= 4 is 38.5 Å². The number of benzene rings is 3. The molecule has 0 spiro atoms. The second-order valence-corrected chi connectivity index (χ2v) is 13.2. The van der Waals surface area contributed by atoms with Gasteiger partial charge >= 0.3 is 11.7 Å². The van der Waals surface area contributed by atoms with Crippen molar-refractivity contribution in [1.29, 1.82) is 0 Å². The fraction of sp³-hybridized carbons (Fsp3) is 0.114. The van der Waals surface area contributed by atoms with Crippen LogP contribution in [-0.4, -0.2) is 62.6 Å². The van der Waals surface area contributed by atoms with Crippen molar-refractivity contribution in [3.63, 3.8) is 0 Å². The Bertz CT molecular complexity index is 2590. The van der Waals surface area contributed by atoms with Gasteiger partial charge in [-0.1, -0.05) is 12.1 Å². The molecule has 1 atom stereocenters. The number of aryl methyl sites for hydroxylation is 1. The van der Waals surface area contributed by atoms with Gasteiger partial charge in [-0.15, -0.1) is 0 Å². The van der Waals surface area contributed by atoms with Crippen LogP contribution in [0, 0.1) is 11.6 Å². The van der Waals surface area contributed by atoms with Gasteiger partial charge in [-0.2, -0.15) is 0 Å². The number of ether oxygens (including phenoxy) is 1. The van der Waals surface area contributed by atoms with Crippen molar-refractivity contribution in [2.45, 2.75) is 17.4 Å². The number of halogens is 2. The predicted molar refractivity (Wildman–Crippen MR) is 186 cm³/mol. The molecule has 3 heterocycles. The molecule has 0 unspecified atom stereocenters. The Hall–Kier alpha value is -6.82. The number of rotatable bonds is 11. The van der Waals surface area contributed by atoms with Gasteiger partial charge in [-0.25, -0.2) is 46.3 Å². The zero-order valence-corrected chi connectivity index (χ0v) is 28.5. The van der Waals surface area contributed by atoms with Crippen molar-refractivity contribution in [2.24, 2.45) is 7.05 Å². The first-order chi connectivity index (χ1) is 25.3. The van der Waals surface area contributed by atoms with Crippen LogP contribution >= 0.6 is 0 Å².